The van der Waals surface area contributed by atoms with E-state index in [0.29, 0.717) is 24.3 Å². The summed E-state index contributed by atoms with van der Waals surface area (Å²) in [7, 11) is 0. The SMILES string of the molecule is CSc1c(Cl)nc(Nc2ccccc2)nc1N1CCOCC1. The average molecular weight is 337 g/mol. The van der Waals surface area contributed by atoms with E-state index in [1.807, 2.05) is 36.6 Å². The van der Waals surface area contributed by atoms with E-state index < -0.39 is 0 Å². The van der Waals surface area contributed by atoms with Gasteiger partial charge in [0.2, 0.25) is 5.95 Å². The van der Waals surface area contributed by atoms with Gasteiger partial charge in [-0.25, -0.2) is 0 Å². The van der Waals surface area contributed by atoms with Gasteiger partial charge in [-0.1, -0.05) is 29.8 Å². The van der Waals surface area contributed by atoms with Crippen molar-refractivity contribution in [2.24, 2.45) is 0 Å². The molecule has 2 heterocycles. The molecule has 5 nitrogen and oxygen atoms in total. The van der Waals surface area contributed by atoms with Crippen molar-refractivity contribution in [1.82, 2.24) is 9.97 Å². The van der Waals surface area contributed by atoms with Gasteiger partial charge in [0.1, 0.15) is 11.0 Å². The zero-order valence-electron chi connectivity index (χ0n) is 12.3. The van der Waals surface area contributed by atoms with E-state index in [-0.39, 0.29) is 0 Å². The van der Waals surface area contributed by atoms with Gasteiger partial charge in [0.05, 0.1) is 18.1 Å². The van der Waals surface area contributed by atoms with Crippen molar-refractivity contribution in [3.63, 3.8) is 0 Å². The van der Waals surface area contributed by atoms with Crippen LogP contribution in [0.5, 0.6) is 0 Å². The quantitative estimate of drug-likeness (QED) is 0.682. The van der Waals surface area contributed by atoms with Crippen LogP contribution in [-0.2, 0) is 4.74 Å². The maximum atomic E-state index is 6.35. The second-order valence-electron chi connectivity index (χ2n) is 4.79. The Morgan fingerprint density at radius 1 is 1.18 bits per heavy atom. The van der Waals surface area contributed by atoms with Crippen LogP contribution in [0, 0.1) is 0 Å². The lowest BCUT2D eigenvalue weighted by atomic mass is 10.3. The molecular weight excluding hydrogens is 320 g/mol. The highest BCUT2D eigenvalue weighted by Gasteiger charge is 2.20. The molecule has 22 heavy (non-hydrogen) atoms. The predicted molar refractivity (Wildman–Crippen MR) is 91.6 cm³/mol. The number of para-hydroxylation sites is 1. The first-order valence-electron chi connectivity index (χ1n) is 7.04. The summed E-state index contributed by atoms with van der Waals surface area (Å²) in [6.07, 6.45) is 1.98. The molecule has 2 aromatic rings. The first-order chi connectivity index (χ1) is 10.8. The highest BCUT2D eigenvalue weighted by Crippen LogP contribution is 2.34. The van der Waals surface area contributed by atoms with Gasteiger partial charge < -0.3 is 15.0 Å². The second kappa shape index (κ2) is 7.17. The third kappa shape index (κ3) is 3.45. The Bertz CT molecular complexity index is 635. The van der Waals surface area contributed by atoms with E-state index in [9.17, 15) is 0 Å². The summed E-state index contributed by atoms with van der Waals surface area (Å²) in [5, 5.41) is 3.68. The minimum atomic E-state index is 0.474. The van der Waals surface area contributed by atoms with Crippen LogP contribution in [0.4, 0.5) is 17.5 Å². The van der Waals surface area contributed by atoms with E-state index in [1.165, 1.54) is 0 Å². The van der Waals surface area contributed by atoms with Crippen LogP contribution in [0.1, 0.15) is 0 Å². The van der Waals surface area contributed by atoms with Crippen molar-refractivity contribution in [2.45, 2.75) is 4.90 Å². The Labute approximate surface area is 139 Å². The summed E-state index contributed by atoms with van der Waals surface area (Å²) >= 11 is 7.91. The topological polar surface area (TPSA) is 50.3 Å². The van der Waals surface area contributed by atoms with Gasteiger partial charge in [0.25, 0.3) is 0 Å². The lowest BCUT2D eigenvalue weighted by molar-refractivity contribution is 0.122. The molecule has 1 aromatic carbocycles. The summed E-state index contributed by atoms with van der Waals surface area (Å²) < 4.78 is 5.41. The van der Waals surface area contributed by atoms with Crippen molar-refractivity contribution in [3.05, 3.63) is 35.5 Å². The van der Waals surface area contributed by atoms with Gasteiger partial charge in [0.15, 0.2) is 0 Å². The van der Waals surface area contributed by atoms with E-state index >= 15 is 0 Å². The van der Waals surface area contributed by atoms with Crippen LogP contribution in [0.25, 0.3) is 0 Å². The van der Waals surface area contributed by atoms with E-state index in [4.69, 9.17) is 16.3 Å². The molecule has 0 amide bonds. The molecule has 0 aliphatic carbocycles. The first kappa shape index (κ1) is 15.4. The molecule has 3 rings (SSSR count). The molecule has 7 heteroatoms. The van der Waals surface area contributed by atoms with Crippen molar-refractivity contribution in [1.29, 1.82) is 0 Å². The lowest BCUT2D eigenvalue weighted by Gasteiger charge is -2.29. The highest BCUT2D eigenvalue weighted by molar-refractivity contribution is 7.98. The fourth-order valence-electron chi connectivity index (χ4n) is 2.28. The number of rotatable bonds is 4. The minimum absolute atomic E-state index is 0.474. The van der Waals surface area contributed by atoms with Crippen LogP contribution < -0.4 is 10.2 Å². The Kier molecular flexibility index (Phi) is 5.02. The summed E-state index contributed by atoms with van der Waals surface area (Å²) in [6, 6.07) is 9.82. The van der Waals surface area contributed by atoms with Gasteiger partial charge in [-0.2, -0.15) is 9.97 Å². The second-order valence-corrected chi connectivity index (χ2v) is 5.96. The maximum absolute atomic E-state index is 6.35. The average Bonchev–Trinajstić information content (AvgIpc) is 2.56. The summed E-state index contributed by atoms with van der Waals surface area (Å²) in [5.74, 6) is 1.38. The normalized spacial score (nSPS) is 14.9. The molecule has 0 bridgehead atoms. The fraction of sp³-hybridized carbons (Fsp3) is 0.333. The number of thioether (sulfide) groups is 1. The number of aromatic nitrogens is 2. The van der Waals surface area contributed by atoms with Crippen LogP contribution in [0.2, 0.25) is 5.15 Å². The molecule has 0 radical (unpaired) electrons. The molecular formula is C15H17ClN4OS. The number of morpholine rings is 1. The lowest BCUT2D eigenvalue weighted by Crippen LogP contribution is -2.37. The molecule has 1 aliphatic rings. The molecule has 0 spiro atoms. The zero-order chi connectivity index (χ0) is 15.4. The third-order valence-corrected chi connectivity index (χ3v) is 4.52. The van der Waals surface area contributed by atoms with Gasteiger partial charge >= 0.3 is 0 Å². The molecule has 1 fully saturated rings. The smallest absolute Gasteiger partial charge is 0.230 e. The molecule has 116 valence electrons. The molecule has 1 saturated heterocycles. The molecule has 0 atom stereocenters. The van der Waals surface area contributed by atoms with Crippen LogP contribution in [0.3, 0.4) is 0 Å². The maximum Gasteiger partial charge on any atom is 0.230 e. The molecule has 0 saturated carbocycles. The number of nitrogens with one attached hydrogen (secondary N) is 1. The zero-order valence-corrected chi connectivity index (χ0v) is 13.8. The number of ether oxygens (including phenoxy) is 1. The number of hydrogen-bond donors (Lipinski definition) is 1. The van der Waals surface area contributed by atoms with Crippen LogP contribution in [-0.4, -0.2) is 42.5 Å². The molecule has 0 unspecified atom stereocenters. The van der Waals surface area contributed by atoms with Crippen molar-refractivity contribution in [3.8, 4) is 0 Å². The van der Waals surface area contributed by atoms with Crippen molar-refractivity contribution >= 4 is 40.8 Å². The predicted octanol–water partition coefficient (Wildman–Crippen LogP) is 3.43. The Morgan fingerprint density at radius 2 is 1.91 bits per heavy atom. The fourth-order valence-corrected chi connectivity index (χ4v) is 3.25. The number of benzene rings is 1. The minimum Gasteiger partial charge on any atom is -0.378 e. The van der Waals surface area contributed by atoms with Crippen molar-refractivity contribution < 1.29 is 4.74 Å². The van der Waals surface area contributed by atoms with Crippen LogP contribution in [0.15, 0.2) is 35.2 Å². The van der Waals surface area contributed by atoms with E-state index in [1.54, 1.807) is 11.8 Å². The summed E-state index contributed by atoms with van der Waals surface area (Å²) in [5.41, 5.74) is 0.934. The number of hydrogen-bond acceptors (Lipinski definition) is 6. The number of anilines is 3. The van der Waals surface area contributed by atoms with E-state index in [0.717, 1.165) is 29.5 Å². The van der Waals surface area contributed by atoms with Gasteiger partial charge in [-0.05, 0) is 18.4 Å². The number of halogens is 1. The largest absolute Gasteiger partial charge is 0.378 e. The number of nitrogens with zero attached hydrogens (tertiary/aromatic N) is 3. The Balaban J connectivity index is 1.93. The van der Waals surface area contributed by atoms with Crippen LogP contribution >= 0.6 is 23.4 Å². The molecule has 1 aliphatic heterocycles. The van der Waals surface area contributed by atoms with Crippen molar-refractivity contribution in [2.75, 3.05) is 42.8 Å². The Morgan fingerprint density at radius 3 is 2.59 bits per heavy atom. The standard InChI is InChI=1S/C15H17ClN4OS/c1-22-12-13(16)18-15(17-11-5-3-2-4-6-11)19-14(12)20-7-9-21-10-8-20/h2-6H,7-10H2,1H3,(H,17,18,19). The van der Waals surface area contributed by atoms with Gasteiger partial charge in [-0.15, -0.1) is 11.8 Å². The third-order valence-electron chi connectivity index (χ3n) is 3.35. The van der Waals surface area contributed by atoms with Gasteiger partial charge in [-0.3, -0.25) is 0 Å². The monoisotopic (exact) mass is 336 g/mol. The molecule has 1 aromatic heterocycles. The Hall–Kier alpha value is -1.50. The summed E-state index contributed by atoms with van der Waals surface area (Å²) in [4.78, 5) is 12.1. The molecule has 1 N–H and O–H groups in total. The van der Waals surface area contributed by atoms with Gasteiger partial charge in [0, 0.05) is 18.8 Å². The first-order valence-corrected chi connectivity index (χ1v) is 8.64. The van der Waals surface area contributed by atoms with E-state index in [2.05, 4.69) is 20.2 Å². The highest BCUT2D eigenvalue weighted by atomic mass is 35.5. The summed E-state index contributed by atoms with van der Waals surface area (Å²) in [6.45, 7) is 3.03.